The SMILES string of the molecule is O=C1c2ccccc2CCN1Cc1nc2ccccc2s1. The van der Waals surface area contributed by atoms with Gasteiger partial charge in [0.05, 0.1) is 16.8 Å². The summed E-state index contributed by atoms with van der Waals surface area (Å²) in [4.78, 5) is 19.1. The van der Waals surface area contributed by atoms with Gasteiger partial charge in [0.2, 0.25) is 0 Å². The summed E-state index contributed by atoms with van der Waals surface area (Å²) in [5.74, 6) is 0.121. The smallest absolute Gasteiger partial charge is 0.254 e. The summed E-state index contributed by atoms with van der Waals surface area (Å²) in [5, 5.41) is 1.00. The van der Waals surface area contributed by atoms with Gasteiger partial charge in [-0.1, -0.05) is 30.3 Å². The highest BCUT2D eigenvalue weighted by molar-refractivity contribution is 7.18. The molecule has 1 aliphatic rings. The van der Waals surface area contributed by atoms with Crippen molar-refractivity contribution in [2.45, 2.75) is 13.0 Å². The number of benzene rings is 2. The van der Waals surface area contributed by atoms with Crippen molar-refractivity contribution in [2.24, 2.45) is 0 Å². The molecule has 0 radical (unpaired) electrons. The molecule has 0 bridgehead atoms. The van der Waals surface area contributed by atoms with Crippen molar-refractivity contribution in [1.29, 1.82) is 0 Å². The van der Waals surface area contributed by atoms with Gasteiger partial charge in [0.15, 0.2) is 0 Å². The van der Waals surface area contributed by atoms with Gasteiger partial charge in [-0.15, -0.1) is 11.3 Å². The molecule has 4 heteroatoms. The highest BCUT2D eigenvalue weighted by Gasteiger charge is 2.24. The van der Waals surface area contributed by atoms with Crippen molar-refractivity contribution in [3.8, 4) is 0 Å². The molecule has 3 nitrogen and oxygen atoms in total. The predicted octanol–water partition coefficient (Wildman–Crippen LogP) is 3.49. The number of fused-ring (bicyclic) bond motifs is 2. The Bertz CT molecular complexity index is 791. The first-order chi connectivity index (χ1) is 10.3. The van der Waals surface area contributed by atoms with Crippen molar-refractivity contribution >= 4 is 27.5 Å². The maximum absolute atomic E-state index is 12.5. The first-order valence-electron chi connectivity index (χ1n) is 7.03. The van der Waals surface area contributed by atoms with Crippen LogP contribution in [-0.4, -0.2) is 22.3 Å². The molecular weight excluding hydrogens is 280 g/mol. The van der Waals surface area contributed by atoms with Gasteiger partial charge in [0.25, 0.3) is 5.91 Å². The molecule has 0 unspecified atom stereocenters. The molecule has 3 aromatic rings. The van der Waals surface area contributed by atoms with E-state index in [4.69, 9.17) is 0 Å². The van der Waals surface area contributed by atoms with Gasteiger partial charge in [-0.2, -0.15) is 0 Å². The second kappa shape index (κ2) is 4.97. The van der Waals surface area contributed by atoms with Crippen molar-refractivity contribution < 1.29 is 4.79 Å². The quantitative estimate of drug-likeness (QED) is 0.725. The van der Waals surface area contributed by atoms with Crippen molar-refractivity contribution in [2.75, 3.05) is 6.54 Å². The van der Waals surface area contributed by atoms with E-state index in [1.165, 1.54) is 4.70 Å². The molecule has 4 rings (SSSR count). The van der Waals surface area contributed by atoms with Crippen LogP contribution in [0.3, 0.4) is 0 Å². The summed E-state index contributed by atoms with van der Waals surface area (Å²) >= 11 is 1.67. The van der Waals surface area contributed by atoms with E-state index in [2.05, 4.69) is 11.1 Å². The number of aromatic nitrogens is 1. The Morgan fingerprint density at radius 1 is 1.10 bits per heavy atom. The number of nitrogens with zero attached hydrogens (tertiary/aromatic N) is 2. The van der Waals surface area contributed by atoms with Crippen LogP contribution >= 0.6 is 11.3 Å². The largest absolute Gasteiger partial charge is 0.332 e. The molecule has 1 aliphatic heterocycles. The molecule has 0 atom stereocenters. The van der Waals surface area contributed by atoms with Crippen LogP contribution < -0.4 is 0 Å². The van der Waals surface area contributed by atoms with Gasteiger partial charge >= 0.3 is 0 Å². The summed E-state index contributed by atoms with van der Waals surface area (Å²) in [6, 6.07) is 16.0. The highest BCUT2D eigenvalue weighted by Crippen LogP contribution is 2.25. The number of hydrogen-bond donors (Lipinski definition) is 0. The summed E-state index contributed by atoms with van der Waals surface area (Å²) in [7, 11) is 0. The Morgan fingerprint density at radius 2 is 1.90 bits per heavy atom. The normalized spacial score (nSPS) is 14.5. The lowest BCUT2D eigenvalue weighted by Gasteiger charge is -2.27. The third-order valence-corrected chi connectivity index (χ3v) is 4.87. The zero-order valence-corrected chi connectivity index (χ0v) is 12.3. The van der Waals surface area contributed by atoms with Crippen molar-refractivity contribution in [1.82, 2.24) is 9.88 Å². The number of para-hydroxylation sites is 1. The Labute approximate surface area is 126 Å². The average molecular weight is 294 g/mol. The predicted molar refractivity (Wildman–Crippen MR) is 84.5 cm³/mol. The third-order valence-electron chi connectivity index (χ3n) is 3.85. The molecular formula is C17H14N2OS. The minimum absolute atomic E-state index is 0.121. The lowest BCUT2D eigenvalue weighted by Crippen LogP contribution is -2.36. The van der Waals surface area contributed by atoms with Gasteiger partial charge < -0.3 is 4.90 Å². The second-order valence-corrected chi connectivity index (χ2v) is 6.32. The zero-order chi connectivity index (χ0) is 14.2. The topological polar surface area (TPSA) is 33.2 Å². The van der Waals surface area contributed by atoms with Crippen LogP contribution in [0.5, 0.6) is 0 Å². The molecule has 0 aliphatic carbocycles. The number of rotatable bonds is 2. The summed E-state index contributed by atoms with van der Waals surface area (Å²) < 4.78 is 1.18. The van der Waals surface area contributed by atoms with Gasteiger partial charge in [-0.3, -0.25) is 4.79 Å². The number of thiazole rings is 1. The van der Waals surface area contributed by atoms with E-state index >= 15 is 0 Å². The second-order valence-electron chi connectivity index (χ2n) is 5.21. The molecule has 104 valence electrons. The molecule has 2 aromatic carbocycles. The molecule has 0 saturated carbocycles. The monoisotopic (exact) mass is 294 g/mol. The summed E-state index contributed by atoms with van der Waals surface area (Å²) in [5.41, 5.74) is 3.01. The molecule has 21 heavy (non-hydrogen) atoms. The average Bonchev–Trinajstić information content (AvgIpc) is 2.93. The molecule has 0 fully saturated rings. The van der Waals surface area contributed by atoms with E-state index in [0.29, 0.717) is 6.54 Å². The zero-order valence-electron chi connectivity index (χ0n) is 11.5. The number of amides is 1. The Hall–Kier alpha value is -2.20. The summed E-state index contributed by atoms with van der Waals surface area (Å²) in [6.45, 7) is 1.37. The van der Waals surface area contributed by atoms with Crippen LogP contribution in [0.1, 0.15) is 20.9 Å². The highest BCUT2D eigenvalue weighted by atomic mass is 32.1. The fourth-order valence-corrected chi connectivity index (χ4v) is 3.76. The van der Waals surface area contributed by atoms with E-state index in [1.807, 2.05) is 47.4 Å². The number of carbonyl (C=O) groups excluding carboxylic acids is 1. The van der Waals surface area contributed by atoms with E-state index in [0.717, 1.165) is 34.6 Å². The van der Waals surface area contributed by atoms with Crippen molar-refractivity contribution in [3.63, 3.8) is 0 Å². The lowest BCUT2D eigenvalue weighted by atomic mass is 9.99. The van der Waals surface area contributed by atoms with E-state index in [1.54, 1.807) is 11.3 Å². The maximum Gasteiger partial charge on any atom is 0.254 e. The third kappa shape index (κ3) is 2.21. The van der Waals surface area contributed by atoms with Gasteiger partial charge in [-0.25, -0.2) is 4.98 Å². The fourth-order valence-electron chi connectivity index (χ4n) is 2.78. The minimum atomic E-state index is 0.121. The fraction of sp³-hybridized carbons (Fsp3) is 0.176. The Kier molecular flexibility index (Phi) is 2.97. The minimum Gasteiger partial charge on any atom is -0.332 e. The number of hydrogen-bond acceptors (Lipinski definition) is 3. The molecule has 1 amide bonds. The van der Waals surface area contributed by atoms with E-state index < -0.39 is 0 Å². The Morgan fingerprint density at radius 3 is 2.81 bits per heavy atom. The van der Waals surface area contributed by atoms with E-state index in [-0.39, 0.29) is 5.91 Å². The van der Waals surface area contributed by atoms with Crippen LogP contribution in [0.2, 0.25) is 0 Å². The van der Waals surface area contributed by atoms with Gasteiger partial charge in [-0.05, 0) is 30.2 Å². The molecule has 0 spiro atoms. The molecule has 2 heterocycles. The first-order valence-corrected chi connectivity index (χ1v) is 7.84. The summed E-state index contributed by atoms with van der Waals surface area (Å²) in [6.07, 6.45) is 0.923. The first kappa shape index (κ1) is 12.5. The van der Waals surface area contributed by atoms with Gasteiger partial charge in [0.1, 0.15) is 5.01 Å². The van der Waals surface area contributed by atoms with Gasteiger partial charge in [0, 0.05) is 12.1 Å². The maximum atomic E-state index is 12.5. The van der Waals surface area contributed by atoms with Crippen LogP contribution in [0, 0.1) is 0 Å². The molecule has 0 N–H and O–H groups in total. The van der Waals surface area contributed by atoms with E-state index in [9.17, 15) is 4.79 Å². The molecule has 0 saturated heterocycles. The van der Waals surface area contributed by atoms with Crippen molar-refractivity contribution in [3.05, 3.63) is 64.7 Å². The van der Waals surface area contributed by atoms with Crippen LogP contribution in [0.15, 0.2) is 48.5 Å². The van der Waals surface area contributed by atoms with Crippen LogP contribution in [0.25, 0.3) is 10.2 Å². The molecule has 1 aromatic heterocycles. The Balaban J connectivity index is 1.62. The van der Waals surface area contributed by atoms with Crippen LogP contribution in [-0.2, 0) is 13.0 Å². The van der Waals surface area contributed by atoms with Crippen LogP contribution in [0.4, 0.5) is 0 Å². The lowest BCUT2D eigenvalue weighted by molar-refractivity contribution is 0.0727. The number of carbonyl (C=O) groups is 1. The standard InChI is InChI=1S/C17H14N2OS/c20-17-13-6-2-1-5-12(13)9-10-19(17)11-16-18-14-7-3-4-8-15(14)21-16/h1-8H,9-11H2.